The first kappa shape index (κ1) is 36.8. The number of benzene rings is 10. The number of hydrogen-bond donors (Lipinski definition) is 0. The Morgan fingerprint density at radius 3 is 1.35 bits per heavy atom. The first-order chi connectivity index (χ1) is 31.3. The van der Waals surface area contributed by atoms with Crippen molar-refractivity contribution in [2.45, 2.75) is 0 Å². The number of hydrogen-bond acceptors (Lipinski definition) is 0. The fourth-order valence-electron chi connectivity index (χ4n) is 10.4. The van der Waals surface area contributed by atoms with Crippen molar-refractivity contribution in [3.8, 4) is 33.6 Å². The van der Waals surface area contributed by atoms with E-state index in [4.69, 9.17) is 0 Å². The molecule has 0 saturated heterocycles. The molecule has 0 saturated carbocycles. The normalized spacial score (nSPS) is 11.8. The monoisotopic (exact) mass is 818 g/mol. The lowest BCUT2D eigenvalue weighted by molar-refractivity contribution is 1.17. The molecule has 296 valence electrons. The minimum absolute atomic E-state index is 1.15. The molecule has 0 N–H and O–H groups in total. The van der Waals surface area contributed by atoms with Crippen molar-refractivity contribution in [3.63, 3.8) is 0 Å². The van der Waals surface area contributed by atoms with Crippen molar-refractivity contribution in [1.29, 1.82) is 0 Å². The molecule has 0 spiro atoms. The molecule has 2 heterocycles. The van der Waals surface area contributed by atoms with Crippen LogP contribution in [0.1, 0.15) is 0 Å². The van der Waals surface area contributed by atoms with Crippen LogP contribution in [0.2, 0.25) is 0 Å². The minimum atomic E-state index is -2.81. The predicted octanol–water partition coefficient (Wildman–Crippen LogP) is 12.6. The van der Waals surface area contributed by atoms with Gasteiger partial charge in [-0.1, -0.05) is 212 Å². The van der Waals surface area contributed by atoms with E-state index in [0.717, 1.165) is 5.69 Å². The molecular formula is C60H42N2Si. The first-order valence-corrected chi connectivity index (χ1v) is 23.8. The molecule has 2 nitrogen and oxygen atoms in total. The van der Waals surface area contributed by atoms with Gasteiger partial charge in [-0.3, -0.25) is 0 Å². The Hall–Kier alpha value is -7.98. The first-order valence-electron chi connectivity index (χ1n) is 21.8. The molecule has 63 heavy (non-hydrogen) atoms. The Kier molecular flexibility index (Phi) is 8.87. The van der Waals surface area contributed by atoms with Crippen LogP contribution >= 0.6 is 0 Å². The van der Waals surface area contributed by atoms with E-state index in [0.29, 0.717) is 0 Å². The molecule has 12 rings (SSSR count). The van der Waals surface area contributed by atoms with E-state index in [9.17, 15) is 0 Å². The van der Waals surface area contributed by atoms with Crippen molar-refractivity contribution in [3.05, 3.63) is 255 Å². The number of fused-ring (bicyclic) bond motifs is 6. The Morgan fingerprint density at radius 2 is 0.730 bits per heavy atom. The number of para-hydroxylation sites is 2. The van der Waals surface area contributed by atoms with Gasteiger partial charge in [0.15, 0.2) is 8.07 Å². The van der Waals surface area contributed by atoms with Gasteiger partial charge in [0, 0.05) is 27.1 Å². The van der Waals surface area contributed by atoms with Crippen LogP contribution in [0.25, 0.3) is 77.2 Å². The van der Waals surface area contributed by atoms with Gasteiger partial charge in [0.1, 0.15) is 0 Å². The fourth-order valence-corrected chi connectivity index (χ4v) is 15.1. The van der Waals surface area contributed by atoms with Crippen LogP contribution in [-0.4, -0.2) is 17.2 Å². The maximum atomic E-state index is 2.55. The van der Waals surface area contributed by atoms with Gasteiger partial charge in [0.05, 0.1) is 33.4 Å². The second-order valence-corrected chi connectivity index (χ2v) is 20.2. The van der Waals surface area contributed by atoms with E-state index in [-0.39, 0.29) is 0 Å². The zero-order valence-electron chi connectivity index (χ0n) is 34.6. The maximum Gasteiger partial charge on any atom is 0.179 e. The quantitative estimate of drug-likeness (QED) is 0.107. The molecule has 0 fully saturated rings. The van der Waals surface area contributed by atoms with E-state index in [1.54, 1.807) is 0 Å². The zero-order chi connectivity index (χ0) is 41.7. The third-order valence-electron chi connectivity index (χ3n) is 13.1. The highest BCUT2D eigenvalue weighted by Gasteiger charge is 2.41. The summed E-state index contributed by atoms with van der Waals surface area (Å²) in [6, 6.07) is 94.3. The fraction of sp³-hybridized carbons (Fsp3) is 0. The summed E-state index contributed by atoms with van der Waals surface area (Å²) in [4.78, 5) is 0. The highest BCUT2D eigenvalue weighted by molar-refractivity contribution is 7.20. The molecule has 0 atom stereocenters. The van der Waals surface area contributed by atoms with Crippen LogP contribution in [0.3, 0.4) is 0 Å². The van der Waals surface area contributed by atoms with Gasteiger partial charge in [-0.15, -0.1) is 0 Å². The molecule has 0 aliphatic rings. The molecule has 2 aromatic heterocycles. The van der Waals surface area contributed by atoms with E-state index in [1.807, 2.05) is 0 Å². The van der Waals surface area contributed by atoms with Gasteiger partial charge in [0.25, 0.3) is 0 Å². The minimum Gasteiger partial charge on any atom is -0.309 e. The van der Waals surface area contributed by atoms with Crippen LogP contribution < -0.4 is 20.7 Å². The summed E-state index contributed by atoms with van der Waals surface area (Å²) in [7, 11) is -2.81. The van der Waals surface area contributed by atoms with Gasteiger partial charge in [0.2, 0.25) is 0 Å². The largest absolute Gasteiger partial charge is 0.309 e. The molecule has 0 bridgehead atoms. The van der Waals surface area contributed by atoms with Gasteiger partial charge in [-0.05, 0) is 79.9 Å². The van der Waals surface area contributed by atoms with Gasteiger partial charge >= 0.3 is 0 Å². The van der Waals surface area contributed by atoms with Gasteiger partial charge in [-0.25, -0.2) is 0 Å². The molecule has 10 aromatic carbocycles. The molecule has 0 unspecified atom stereocenters. The maximum absolute atomic E-state index is 2.81. The second kappa shape index (κ2) is 15.2. The summed E-state index contributed by atoms with van der Waals surface area (Å²) in [5.41, 5.74) is 11.8. The lowest BCUT2D eigenvalue weighted by Crippen LogP contribution is -2.74. The summed E-state index contributed by atoms with van der Waals surface area (Å²) in [5.74, 6) is 0. The summed E-state index contributed by atoms with van der Waals surface area (Å²) in [5, 5.41) is 10.4. The topological polar surface area (TPSA) is 9.86 Å². The third kappa shape index (κ3) is 5.85. The molecule has 0 aliphatic heterocycles. The van der Waals surface area contributed by atoms with Gasteiger partial charge < -0.3 is 9.13 Å². The molecule has 3 heteroatoms. The average molecular weight is 819 g/mol. The number of nitrogens with zero attached hydrogens (tertiary/aromatic N) is 2. The smallest absolute Gasteiger partial charge is 0.179 e. The third-order valence-corrected chi connectivity index (χ3v) is 17.8. The van der Waals surface area contributed by atoms with E-state index >= 15 is 0 Å². The van der Waals surface area contributed by atoms with Crippen LogP contribution in [-0.2, 0) is 0 Å². The lowest BCUT2D eigenvalue weighted by atomic mass is 9.97. The van der Waals surface area contributed by atoms with Crippen molar-refractivity contribution in [2.24, 2.45) is 0 Å². The standard InChI is InChI=1S/C60H42N2Si/c1-6-21-43(22-7-1)45-37-40-56(53(41-45)44-23-8-2-9-24-44)61-55-34-19-17-32-52(55)60-57(61)35-20-36-58(60)62-54-33-18-16-31-50(54)51-39-38-49(42-59(51)62)63(46-25-10-3-11-26-46,47-27-12-4-13-28-47)48-29-14-5-15-30-48/h1-42H. The van der Waals surface area contributed by atoms with Crippen LogP contribution in [0, 0.1) is 0 Å². The van der Waals surface area contributed by atoms with Crippen LogP contribution in [0.4, 0.5) is 0 Å². The molecule has 12 aromatic rings. The highest BCUT2D eigenvalue weighted by Crippen LogP contribution is 2.42. The van der Waals surface area contributed by atoms with E-state index < -0.39 is 8.07 Å². The summed E-state index contributed by atoms with van der Waals surface area (Å²) < 4.78 is 5.03. The second-order valence-electron chi connectivity index (χ2n) is 16.4. The highest BCUT2D eigenvalue weighted by atomic mass is 28.3. The summed E-state index contributed by atoms with van der Waals surface area (Å²) >= 11 is 0. The predicted molar refractivity (Wildman–Crippen MR) is 270 cm³/mol. The van der Waals surface area contributed by atoms with Crippen LogP contribution in [0.15, 0.2) is 255 Å². The Balaban J connectivity index is 1.17. The van der Waals surface area contributed by atoms with Crippen molar-refractivity contribution in [1.82, 2.24) is 9.13 Å². The van der Waals surface area contributed by atoms with E-state index in [1.165, 1.54) is 92.3 Å². The molecule has 0 aliphatic carbocycles. The van der Waals surface area contributed by atoms with E-state index in [2.05, 4.69) is 264 Å². The molecular weight excluding hydrogens is 777 g/mol. The Morgan fingerprint density at radius 1 is 0.254 bits per heavy atom. The molecule has 0 radical (unpaired) electrons. The number of aromatic nitrogens is 2. The summed E-state index contributed by atoms with van der Waals surface area (Å²) in [6.07, 6.45) is 0. The van der Waals surface area contributed by atoms with Crippen molar-refractivity contribution in [2.75, 3.05) is 0 Å². The van der Waals surface area contributed by atoms with Crippen molar-refractivity contribution < 1.29 is 0 Å². The Labute approximate surface area is 368 Å². The Bertz CT molecular complexity index is 3500. The van der Waals surface area contributed by atoms with Crippen LogP contribution in [0.5, 0.6) is 0 Å². The zero-order valence-corrected chi connectivity index (χ0v) is 35.6. The lowest BCUT2D eigenvalue weighted by Gasteiger charge is -2.34. The average Bonchev–Trinajstić information content (AvgIpc) is 3.88. The number of rotatable bonds is 8. The van der Waals surface area contributed by atoms with Gasteiger partial charge in [-0.2, -0.15) is 0 Å². The summed E-state index contributed by atoms with van der Waals surface area (Å²) in [6.45, 7) is 0. The molecule has 0 amide bonds. The van der Waals surface area contributed by atoms with Crippen molar-refractivity contribution >= 4 is 72.4 Å². The SMILES string of the molecule is c1ccc(-c2ccc(-n3c4ccccc4c4c(-n5c6ccccc6c6ccc([Si](c7ccccc7)(c7ccccc7)c7ccccc7)cc65)cccc43)c(-c3ccccc3)c2)cc1.